The molecule has 0 saturated heterocycles. The molecule has 0 bridgehead atoms. The molecule has 0 N–H and O–H groups in total. The van der Waals surface area contributed by atoms with Crippen LogP contribution >= 0.6 is 12.6 Å². The van der Waals surface area contributed by atoms with Crippen LogP contribution in [-0.4, -0.2) is 5.75 Å². The fraction of sp³-hybridized carbons (Fsp3) is 0.176. The van der Waals surface area contributed by atoms with Crippen LogP contribution in [0.5, 0.6) is 0 Å². The lowest BCUT2D eigenvalue weighted by molar-refractivity contribution is 0.645. The van der Waals surface area contributed by atoms with Gasteiger partial charge in [0, 0.05) is 27.7 Å². The predicted molar refractivity (Wildman–Crippen MR) is 225 cm³/mol. The van der Waals surface area contributed by atoms with Gasteiger partial charge in [0.2, 0.25) is 0 Å². The summed E-state index contributed by atoms with van der Waals surface area (Å²) < 4.78 is 0. The maximum Gasteiger partial charge on any atom is 0.0506 e. The van der Waals surface area contributed by atoms with Crippen molar-refractivity contribution in [2.24, 2.45) is 0 Å². The molecule has 1 saturated carbocycles. The maximum atomic E-state index is 5.04. The van der Waals surface area contributed by atoms with Crippen LogP contribution in [0.25, 0.3) is 44.5 Å². The number of para-hydroxylation sites is 1. The fourth-order valence-electron chi connectivity index (χ4n) is 10.2. The van der Waals surface area contributed by atoms with E-state index in [-0.39, 0.29) is 16.2 Å². The standard InChI is InChI=1S/C51H41NS/c1-49(2)43-27-34(32-11-5-4-6-12-32)19-23-38(43)39-24-20-35(28-44(39)49)33-17-21-36(22-18-33)52-47-16-10-9-15-42(47)50(3,31-53)46-29-40-37-13-7-8-14-41(37)51(25-26-51)45(40)30-48(46)52/h4-24,27-30,53H,25-26,31H2,1-3H3. The second-order valence-corrected chi connectivity index (χ2v) is 16.8. The molecule has 7 aromatic carbocycles. The van der Waals surface area contributed by atoms with Gasteiger partial charge in [-0.05, 0) is 133 Å². The number of fused-ring (bicyclic) bond motifs is 10. The van der Waals surface area contributed by atoms with Gasteiger partial charge in [-0.15, -0.1) is 0 Å². The molecule has 1 unspecified atom stereocenters. The van der Waals surface area contributed by atoms with E-state index in [1.807, 2.05) is 0 Å². The lowest BCUT2D eigenvalue weighted by Crippen LogP contribution is -2.34. The quantitative estimate of drug-likeness (QED) is 0.179. The van der Waals surface area contributed by atoms with Gasteiger partial charge in [0.15, 0.2) is 0 Å². The van der Waals surface area contributed by atoms with Crippen molar-refractivity contribution in [3.8, 4) is 44.5 Å². The summed E-state index contributed by atoms with van der Waals surface area (Å²) in [5, 5.41) is 0. The van der Waals surface area contributed by atoms with Crippen LogP contribution in [0.15, 0.2) is 152 Å². The highest BCUT2D eigenvalue weighted by atomic mass is 32.1. The molecule has 1 fully saturated rings. The van der Waals surface area contributed by atoms with E-state index in [4.69, 9.17) is 12.6 Å². The first-order chi connectivity index (χ1) is 25.8. The molecule has 256 valence electrons. The molecular formula is C51H41NS. The summed E-state index contributed by atoms with van der Waals surface area (Å²) in [5.74, 6) is 0.738. The van der Waals surface area contributed by atoms with Gasteiger partial charge in [0.1, 0.15) is 0 Å². The Bertz CT molecular complexity index is 2650. The first-order valence-electron chi connectivity index (χ1n) is 19.1. The molecule has 4 aliphatic rings. The smallest absolute Gasteiger partial charge is 0.0506 e. The van der Waals surface area contributed by atoms with E-state index in [0.717, 1.165) is 5.75 Å². The fourth-order valence-corrected chi connectivity index (χ4v) is 10.5. The largest absolute Gasteiger partial charge is 0.310 e. The average molecular weight is 700 g/mol. The number of anilines is 3. The molecule has 0 aromatic heterocycles. The van der Waals surface area contributed by atoms with Gasteiger partial charge >= 0.3 is 0 Å². The van der Waals surface area contributed by atoms with Crippen molar-refractivity contribution in [1.82, 2.24) is 0 Å². The molecule has 1 aliphatic heterocycles. The number of nitrogens with zero attached hydrogens (tertiary/aromatic N) is 1. The predicted octanol–water partition coefficient (Wildman–Crippen LogP) is 13.4. The summed E-state index contributed by atoms with van der Waals surface area (Å²) >= 11 is 5.04. The monoisotopic (exact) mass is 699 g/mol. The van der Waals surface area contributed by atoms with E-state index in [1.54, 1.807) is 0 Å². The molecule has 11 rings (SSSR count). The summed E-state index contributed by atoms with van der Waals surface area (Å²) in [5.41, 5.74) is 22.6. The zero-order valence-corrected chi connectivity index (χ0v) is 31.3. The van der Waals surface area contributed by atoms with Gasteiger partial charge in [-0.2, -0.15) is 12.6 Å². The van der Waals surface area contributed by atoms with Crippen molar-refractivity contribution in [2.45, 2.75) is 49.9 Å². The second kappa shape index (κ2) is 10.9. The Morgan fingerprint density at radius 3 is 1.68 bits per heavy atom. The minimum atomic E-state index is -0.217. The van der Waals surface area contributed by atoms with Crippen molar-refractivity contribution < 1.29 is 0 Å². The topological polar surface area (TPSA) is 3.24 Å². The molecule has 0 amide bonds. The third-order valence-electron chi connectivity index (χ3n) is 13.3. The van der Waals surface area contributed by atoms with Gasteiger partial charge in [0.05, 0.1) is 11.4 Å². The lowest BCUT2D eigenvalue weighted by Gasteiger charge is -2.44. The lowest BCUT2D eigenvalue weighted by atomic mass is 9.72. The highest BCUT2D eigenvalue weighted by Gasteiger charge is 2.53. The Morgan fingerprint density at radius 2 is 1.02 bits per heavy atom. The van der Waals surface area contributed by atoms with Crippen LogP contribution in [0.2, 0.25) is 0 Å². The zero-order chi connectivity index (χ0) is 35.7. The van der Waals surface area contributed by atoms with Gasteiger partial charge in [0.25, 0.3) is 0 Å². The number of thiol groups is 1. The van der Waals surface area contributed by atoms with Crippen LogP contribution in [0.1, 0.15) is 67.0 Å². The summed E-state index contributed by atoms with van der Waals surface area (Å²) in [6.45, 7) is 7.14. The Balaban J connectivity index is 1.00. The molecule has 0 radical (unpaired) electrons. The molecule has 1 spiro atoms. The van der Waals surface area contributed by atoms with Crippen molar-refractivity contribution >= 4 is 29.7 Å². The van der Waals surface area contributed by atoms with Crippen molar-refractivity contribution in [3.05, 3.63) is 185 Å². The first kappa shape index (κ1) is 31.2. The molecule has 1 nitrogen and oxygen atoms in total. The van der Waals surface area contributed by atoms with Crippen LogP contribution < -0.4 is 4.90 Å². The number of hydrogen-bond donors (Lipinski definition) is 1. The zero-order valence-electron chi connectivity index (χ0n) is 30.4. The van der Waals surface area contributed by atoms with Crippen molar-refractivity contribution in [1.29, 1.82) is 0 Å². The van der Waals surface area contributed by atoms with Crippen molar-refractivity contribution in [2.75, 3.05) is 10.7 Å². The molecule has 2 heteroatoms. The van der Waals surface area contributed by atoms with Crippen LogP contribution in [-0.2, 0) is 16.2 Å². The van der Waals surface area contributed by atoms with E-state index in [0.29, 0.717) is 0 Å². The van der Waals surface area contributed by atoms with Crippen LogP contribution in [0.3, 0.4) is 0 Å². The van der Waals surface area contributed by atoms with Gasteiger partial charge < -0.3 is 4.90 Å². The molecule has 3 aliphatic carbocycles. The SMILES string of the molecule is CC1(C)c2cc(-c3ccccc3)ccc2-c2ccc(-c3ccc(N4c5ccccc5C(C)(CS)c5cc6c(cc54)C4(CC4)c4ccccc4-6)cc3)cc21. The van der Waals surface area contributed by atoms with Crippen LogP contribution in [0, 0.1) is 0 Å². The molecule has 7 aromatic rings. The average Bonchev–Trinajstić information content (AvgIpc) is 3.93. The van der Waals surface area contributed by atoms with E-state index in [1.165, 1.54) is 108 Å². The Hall–Kier alpha value is -5.31. The second-order valence-electron chi connectivity index (χ2n) is 16.4. The summed E-state index contributed by atoms with van der Waals surface area (Å²) in [6, 6.07) is 57.3. The van der Waals surface area contributed by atoms with Crippen molar-refractivity contribution in [3.63, 3.8) is 0 Å². The van der Waals surface area contributed by atoms with E-state index in [2.05, 4.69) is 177 Å². The Morgan fingerprint density at radius 1 is 0.453 bits per heavy atom. The summed E-state index contributed by atoms with van der Waals surface area (Å²) in [7, 11) is 0. The number of benzene rings is 7. The van der Waals surface area contributed by atoms with E-state index < -0.39 is 0 Å². The van der Waals surface area contributed by atoms with Gasteiger partial charge in [-0.3, -0.25) is 0 Å². The molecule has 1 heterocycles. The van der Waals surface area contributed by atoms with Gasteiger partial charge in [-0.25, -0.2) is 0 Å². The summed E-state index contributed by atoms with van der Waals surface area (Å²) in [4.78, 5) is 2.52. The Kier molecular flexibility index (Phi) is 6.41. The first-order valence-corrected chi connectivity index (χ1v) is 19.7. The molecule has 1 atom stereocenters. The highest BCUT2D eigenvalue weighted by molar-refractivity contribution is 7.80. The minimum Gasteiger partial charge on any atom is -0.310 e. The van der Waals surface area contributed by atoms with Crippen LogP contribution in [0.4, 0.5) is 17.1 Å². The Labute approximate surface area is 318 Å². The maximum absolute atomic E-state index is 5.04. The van der Waals surface area contributed by atoms with Gasteiger partial charge in [-0.1, -0.05) is 130 Å². The third-order valence-corrected chi connectivity index (χ3v) is 13.9. The number of hydrogen-bond acceptors (Lipinski definition) is 2. The highest BCUT2D eigenvalue weighted by Crippen LogP contribution is 2.65. The van der Waals surface area contributed by atoms with E-state index >= 15 is 0 Å². The minimum absolute atomic E-state index is 0.0922. The third kappa shape index (κ3) is 4.22. The molecule has 53 heavy (non-hydrogen) atoms. The van der Waals surface area contributed by atoms with E-state index in [9.17, 15) is 0 Å². The number of rotatable bonds is 4. The summed E-state index contributed by atoms with van der Waals surface area (Å²) in [6.07, 6.45) is 2.45. The molecular weight excluding hydrogens is 659 g/mol. The normalized spacial score (nSPS) is 18.8.